The smallest absolute Gasteiger partial charge is 0.329 e. The number of cyclic esters (lactones) is 1. The maximum absolute atomic E-state index is 14.5. The Hall–Kier alpha value is -4.20. The van der Waals surface area contributed by atoms with Crippen LogP contribution in [0.3, 0.4) is 0 Å². The molecule has 3 heterocycles. The van der Waals surface area contributed by atoms with Gasteiger partial charge in [-0.25, -0.2) is 4.79 Å². The van der Waals surface area contributed by atoms with E-state index in [-0.39, 0.29) is 49.2 Å². The van der Waals surface area contributed by atoms with Gasteiger partial charge in [0.15, 0.2) is 5.78 Å². The van der Waals surface area contributed by atoms with Crippen LogP contribution in [0.2, 0.25) is 0 Å². The van der Waals surface area contributed by atoms with Crippen LogP contribution in [0.4, 0.5) is 0 Å². The monoisotopic (exact) mass is 1030 g/mol. The second-order valence-corrected chi connectivity index (χ2v) is 21.6. The molecule has 3 aliphatic heterocycles. The van der Waals surface area contributed by atoms with Crippen LogP contribution in [0.25, 0.3) is 0 Å². The average Bonchev–Trinajstić information content (AvgIpc) is 3.38. The van der Waals surface area contributed by atoms with Gasteiger partial charge >= 0.3 is 11.9 Å². The van der Waals surface area contributed by atoms with Crippen molar-refractivity contribution in [2.45, 2.75) is 180 Å². The number of amides is 1. The third kappa shape index (κ3) is 15.9. The Morgan fingerprint density at radius 2 is 1.62 bits per heavy atom. The van der Waals surface area contributed by atoms with Crippen molar-refractivity contribution in [3.63, 3.8) is 0 Å². The summed E-state index contributed by atoms with van der Waals surface area (Å²) in [6.45, 7) is 14.3. The summed E-state index contributed by atoms with van der Waals surface area (Å²) in [5, 5.41) is 54.1. The number of rotatable bonds is 10. The van der Waals surface area contributed by atoms with Gasteiger partial charge in [0, 0.05) is 51.4 Å². The molecule has 0 aromatic rings. The van der Waals surface area contributed by atoms with Gasteiger partial charge in [-0.05, 0) is 114 Å². The number of fused-ring (bicyclic) bond motifs is 3. The molecule has 0 spiro atoms. The third-order valence-corrected chi connectivity index (χ3v) is 15.8. The number of esters is 2. The molecule has 1 amide bonds. The lowest BCUT2D eigenvalue weighted by molar-refractivity contribution is -0.265. The Bertz CT molecular complexity index is 2040. The predicted octanol–water partition coefficient (Wildman–Crippen LogP) is 5.23. The molecule has 4 rings (SSSR count). The molecule has 0 aromatic heterocycles. The first-order chi connectivity index (χ1) is 34.5. The first-order valence-corrected chi connectivity index (χ1v) is 26.2. The molecule has 5 N–H and O–H groups in total. The standard InChI is InChI=1S/C56H85NO16/c1-11-39-18-14-12-13-17-33(2)43(60)29-41-22-20-38(7)56(68,73-41)51(64)52(65)57-24-16-15-19-42(57)53(66)71-46(30-44(61)34(3)25-36(5)48(62)50(70-10)49(63)37(6)27-39)35(4)26-40-21-23-45(47(28-40)69-9)72-54(67)55(8,31-58)32-59/h11-14,17-18,25,34-35,37-43,45-48,50,58-60,62,68H,1,15-16,19-24,26-32H2,2-10H3/b13-12+,18-14+,33-17+,36-25+/t34-,35-,37-,38-,39-,40+,41+,42+,43+,45-,46+,47-,48-,50-,56-/m1/s1. The second-order valence-electron chi connectivity index (χ2n) is 21.6. The van der Waals surface area contributed by atoms with E-state index in [0.717, 1.165) is 4.90 Å². The van der Waals surface area contributed by atoms with Crippen LogP contribution < -0.4 is 0 Å². The van der Waals surface area contributed by atoms with Crippen LogP contribution >= 0.6 is 0 Å². The van der Waals surface area contributed by atoms with Crippen LogP contribution in [0.1, 0.15) is 126 Å². The highest BCUT2D eigenvalue weighted by molar-refractivity contribution is 6.39. The van der Waals surface area contributed by atoms with E-state index in [2.05, 4.69) is 6.58 Å². The summed E-state index contributed by atoms with van der Waals surface area (Å²) in [7, 11) is 2.83. The van der Waals surface area contributed by atoms with Gasteiger partial charge in [0.1, 0.15) is 41.7 Å². The zero-order valence-electron chi connectivity index (χ0n) is 44.6. The van der Waals surface area contributed by atoms with E-state index in [1.807, 2.05) is 13.0 Å². The number of allylic oxidation sites excluding steroid dienone is 7. The lowest BCUT2D eigenvalue weighted by atomic mass is 9.78. The molecule has 73 heavy (non-hydrogen) atoms. The minimum atomic E-state index is -2.53. The first kappa shape index (κ1) is 61.3. The Morgan fingerprint density at radius 1 is 0.918 bits per heavy atom. The van der Waals surface area contributed by atoms with E-state index in [4.69, 9.17) is 23.7 Å². The van der Waals surface area contributed by atoms with Gasteiger partial charge in [-0.3, -0.25) is 24.0 Å². The maximum Gasteiger partial charge on any atom is 0.329 e. The molecule has 0 radical (unpaired) electrons. The molecular formula is C56H85NO16. The van der Waals surface area contributed by atoms with Gasteiger partial charge in [0.2, 0.25) is 5.79 Å². The Labute approximate surface area is 432 Å². The van der Waals surface area contributed by atoms with E-state index in [1.165, 1.54) is 21.1 Å². The molecule has 2 saturated heterocycles. The zero-order valence-corrected chi connectivity index (χ0v) is 44.6. The van der Waals surface area contributed by atoms with Crippen molar-refractivity contribution in [3.05, 3.63) is 60.3 Å². The quantitative estimate of drug-likeness (QED) is 0.107. The van der Waals surface area contributed by atoms with E-state index in [9.17, 15) is 54.3 Å². The van der Waals surface area contributed by atoms with Gasteiger partial charge in [0.25, 0.3) is 11.7 Å². The summed E-state index contributed by atoms with van der Waals surface area (Å²) in [6.07, 6.45) is 9.38. The van der Waals surface area contributed by atoms with E-state index in [1.54, 1.807) is 71.1 Å². The minimum Gasteiger partial charge on any atom is -0.460 e. The number of methoxy groups -OCH3 is 2. The third-order valence-electron chi connectivity index (χ3n) is 15.8. The Kier molecular flexibility index (Phi) is 23.6. The molecule has 2 bridgehead atoms. The normalized spacial score (nSPS) is 37.4. The molecule has 1 saturated carbocycles. The maximum atomic E-state index is 14.5. The van der Waals surface area contributed by atoms with Gasteiger partial charge < -0.3 is 54.1 Å². The largest absolute Gasteiger partial charge is 0.460 e. The number of aliphatic hydroxyl groups is 5. The molecule has 0 aromatic carbocycles. The fourth-order valence-corrected chi connectivity index (χ4v) is 10.4. The molecular weight excluding hydrogens is 943 g/mol. The zero-order chi connectivity index (χ0) is 54.4. The Balaban J connectivity index is 1.69. The molecule has 0 unspecified atom stereocenters. The number of nitrogens with zero attached hydrogens (tertiary/aromatic N) is 1. The molecule has 17 nitrogen and oxygen atoms in total. The van der Waals surface area contributed by atoms with E-state index in [0.29, 0.717) is 68.9 Å². The van der Waals surface area contributed by atoms with Crippen molar-refractivity contribution in [1.29, 1.82) is 0 Å². The number of hydrogen-bond donors (Lipinski definition) is 5. The first-order valence-electron chi connectivity index (χ1n) is 26.2. The van der Waals surface area contributed by atoms with Crippen LogP contribution in [-0.2, 0) is 52.5 Å². The fourth-order valence-electron chi connectivity index (χ4n) is 10.4. The molecule has 3 fully saturated rings. The summed E-state index contributed by atoms with van der Waals surface area (Å²) in [6, 6.07) is -1.23. The molecule has 17 heteroatoms. The summed E-state index contributed by atoms with van der Waals surface area (Å²) in [5.41, 5.74) is -0.584. The molecule has 4 aliphatic rings. The number of hydrogen-bond acceptors (Lipinski definition) is 16. The fraction of sp³-hybridized carbons (Fsp3) is 0.714. The lowest BCUT2D eigenvalue weighted by Crippen LogP contribution is -2.61. The number of ether oxygens (including phenoxy) is 5. The summed E-state index contributed by atoms with van der Waals surface area (Å²) >= 11 is 0. The van der Waals surface area contributed by atoms with Crippen molar-refractivity contribution in [2.75, 3.05) is 34.0 Å². The molecule has 15 atom stereocenters. The van der Waals surface area contributed by atoms with E-state index < -0.39 is 120 Å². The molecule has 410 valence electrons. The highest BCUT2D eigenvalue weighted by Gasteiger charge is 2.53. The lowest BCUT2D eigenvalue weighted by Gasteiger charge is -2.42. The minimum absolute atomic E-state index is 0.0200. The number of carbonyl (C=O) groups is 6. The molecule has 1 aliphatic carbocycles. The van der Waals surface area contributed by atoms with Gasteiger partial charge in [-0.1, -0.05) is 70.2 Å². The SMILES string of the molecule is C=C[C@@H]1/C=C/C=C/C=C(\C)[C@@H](O)C[C@@H]2CC[C@@H](C)[C@@](O)(O2)C(=O)C(=O)N2CCCC[C@H]2C(=O)O[C@H]([C@H](C)C[C@@H]2CC[C@@H](OC(=O)C(C)(CO)CO)[C@H](OC)C2)CC(=O)[C@H](C)/C=C(\C)[C@@H](O)[C@@H](OC)C(=O)[C@H](C)C1. The number of ketones is 3. The highest BCUT2D eigenvalue weighted by Crippen LogP contribution is 2.38. The Morgan fingerprint density at radius 3 is 2.26 bits per heavy atom. The van der Waals surface area contributed by atoms with Crippen LogP contribution in [0.15, 0.2) is 60.3 Å². The number of aliphatic hydroxyl groups excluding tert-OH is 4. The number of piperidine rings is 1. The van der Waals surface area contributed by atoms with Gasteiger partial charge in [-0.15, -0.1) is 6.58 Å². The van der Waals surface area contributed by atoms with Crippen LogP contribution in [-0.4, -0.2) is 154 Å². The van der Waals surface area contributed by atoms with Crippen LogP contribution in [0.5, 0.6) is 0 Å². The van der Waals surface area contributed by atoms with Crippen molar-refractivity contribution < 1.29 is 78.0 Å². The van der Waals surface area contributed by atoms with Crippen molar-refractivity contribution in [2.24, 2.45) is 40.9 Å². The highest BCUT2D eigenvalue weighted by atomic mass is 16.6. The summed E-state index contributed by atoms with van der Waals surface area (Å²) in [5.74, 6) is -10.0. The van der Waals surface area contributed by atoms with Crippen LogP contribution in [0, 0.1) is 40.9 Å². The van der Waals surface area contributed by atoms with E-state index >= 15 is 0 Å². The second kappa shape index (κ2) is 28.1. The summed E-state index contributed by atoms with van der Waals surface area (Å²) < 4.78 is 29.4. The number of carbonyl (C=O) groups excluding carboxylic acids is 6. The van der Waals surface area contributed by atoms with Gasteiger partial charge in [-0.2, -0.15) is 0 Å². The topological polar surface area (TPSA) is 253 Å². The van der Waals surface area contributed by atoms with Crippen molar-refractivity contribution in [3.8, 4) is 0 Å². The summed E-state index contributed by atoms with van der Waals surface area (Å²) in [4.78, 5) is 85.2. The predicted molar refractivity (Wildman–Crippen MR) is 271 cm³/mol. The van der Waals surface area contributed by atoms with Crippen molar-refractivity contribution >= 4 is 35.2 Å². The number of Topliss-reactive ketones (excluding diaryl/α,β-unsaturated/α-hetero) is 3. The van der Waals surface area contributed by atoms with Crippen molar-refractivity contribution in [1.82, 2.24) is 4.90 Å². The van der Waals surface area contributed by atoms with Gasteiger partial charge in [0.05, 0.1) is 31.5 Å². The average molecular weight is 1030 g/mol.